The van der Waals surface area contributed by atoms with Crippen molar-refractivity contribution in [1.82, 2.24) is 4.90 Å². The summed E-state index contributed by atoms with van der Waals surface area (Å²) in [5.41, 5.74) is 7.03. The second kappa shape index (κ2) is 9.30. The third-order valence-corrected chi connectivity index (χ3v) is 4.87. The van der Waals surface area contributed by atoms with Crippen LogP contribution in [0.2, 0.25) is 0 Å². The van der Waals surface area contributed by atoms with Crippen LogP contribution in [0.1, 0.15) is 41.3 Å². The molecular formula is C22H26N4O4. The zero-order valence-corrected chi connectivity index (χ0v) is 16.9. The van der Waals surface area contributed by atoms with E-state index in [0.717, 1.165) is 31.5 Å². The Hall–Kier alpha value is -3.55. The number of esters is 1. The number of hydrogen-bond acceptors (Lipinski definition) is 6. The van der Waals surface area contributed by atoms with Crippen LogP contribution in [-0.4, -0.2) is 53.4 Å². The molecule has 0 saturated carbocycles. The van der Waals surface area contributed by atoms with Crippen molar-refractivity contribution in [3.63, 3.8) is 0 Å². The van der Waals surface area contributed by atoms with Gasteiger partial charge >= 0.3 is 5.97 Å². The Morgan fingerprint density at radius 1 is 1.10 bits per heavy atom. The Labute approximate surface area is 175 Å². The van der Waals surface area contributed by atoms with Crippen molar-refractivity contribution in [2.75, 3.05) is 19.7 Å². The normalized spacial score (nSPS) is 14.2. The largest absolute Gasteiger partial charge is 0.504 e. The van der Waals surface area contributed by atoms with Crippen molar-refractivity contribution < 1.29 is 19.4 Å². The number of phenols is 1. The lowest BCUT2D eigenvalue weighted by Gasteiger charge is -2.18. The van der Waals surface area contributed by atoms with Gasteiger partial charge in [-0.2, -0.15) is 0 Å². The van der Waals surface area contributed by atoms with Crippen LogP contribution in [0.5, 0.6) is 11.5 Å². The van der Waals surface area contributed by atoms with Crippen LogP contribution in [-0.2, 0) is 4.74 Å². The highest BCUT2D eigenvalue weighted by Gasteiger charge is 2.18. The number of amidine groups is 2. The van der Waals surface area contributed by atoms with Crippen LogP contribution >= 0.6 is 0 Å². The molecule has 1 saturated heterocycles. The molecule has 1 atom stereocenters. The van der Waals surface area contributed by atoms with Gasteiger partial charge in [-0.15, -0.1) is 0 Å². The topological polar surface area (TPSA) is 133 Å². The quantitative estimate of drug-likeness (QED) is 0.315. The van der Waals surface area contributed by atoms with Gasteiger partial charge in [0.25, 0.3) is 0 Å². The van der Waals surface area contributed by atoms with Gasteiger partial charge in [0, 0.05) is 24.2 Å². The molecule has 2 aromatic rings. The van der Waals surface area contributed by atoms with Crippen LogP contribution in [0, 0.1) is 10.8 Å². The Morgan fingerprint density at radius 2 is 1.70 bits per heavy atom. The van der Waals surface area contributed by atoms with Crippen LogP contribution in [0.15, 0.2) is 42.5 Å². The van der Waals surface area contributed by atoms with E-state index in [1.165, 1.54) is 18.2 Å². The maximum absolute atomic E-state index is 12.4. The highest BCUT2D eigenvalue weighted by atomic mass is 16.6. The van der Waals surface area contributed by atoms with Gasteiger partial charge < -0.3 is 25.2 Å². The molecule has 1 aliphatic heterocycles. The predicted octanol–water partition coefficient (Wildman–Crippen LogP) is 2.72. The van der Waals surface area contributed by atoms with Crippen LogP contribution in [0.25, 0.3) is 0 Å². The summed E-state index contributed by atoms with van der Waals surface area (Å²) in [5.74, 6) is -0.0839. The first-order valence-electron chi connectivity index (χ1n) is 9.80. The van der Waals surface area contributed by atoms with Gasteiger partial charge in [-0.25, -0.2) is 4.79 Å². The summed E-state index contributed by atoms with van der Waals surface area (Å²) in [6.07, 6.45) is 1.63. The molecule has 0 aliphatic carbocycles. The number of rotatable bonds is 7. The van der Waals surface area contributed by atoms with Crippen molar-refractivity contribution in [3.8, 4) is 11.5 Å². The minimum absolute atomic E-state index is 0.0261. The lowest BCUT2D eigenvalue weighted by atomic mass is 10.1. The zero-order valence-electron chi connectivity index (χ0n) is 16.9. The van der Waals surface area contributed by atoms with E-state index in [2.05, 4.69) is 0 Å². The van der Waals surface area contributed by atoms with Crippen molar-refractivity contribution in [1.29, 1.82) is 10.8 Å². The number of phenolic OH excluding ortho intramolecular Hbond substituents is 1. The van der Waals surface area contributed by atoms with E-state index in [4.69, 9.17) is 26.0 Å². The van der Waals surface area contributed by atoms with Crippen molar-refractivity contribution in [3.05, 3.63) is 59.2 Å². The molecule has 30 heavy (non-hydrogen) atoms. The number of nitrogen functional groups attached to an aromatic ring is 1. The van der Waals surface area contributed by atoms with E-state index in [9.17, 15) is 9.90 Å². The zero-order chi connectivity index (χ0) is 21.7. The average Bonchev–Trinajstić information content (AvgIpc) is 3.27. The fourth-order valence-electron chi connectivity index (χ4n) is 3.18. The predicted molar refractivity (Wildman–Crippen MR) is 114 cm³/mol. The number of nitrogens with one attached hydrogen (secondary N) is 2. The van der Waals surface area contributed by atoms with Gasteiger partial charge in [0.1, 0.15) is 24.4 Å². The summed E-state index contributed by atoms with van der Waals surface area (Å²) < 4.78 is 10.9. The summed E-state index contributed by atoms with van der Waals surface area (Å²) in [4.78, 5) is 14.4. The SMILES string of the molecule is C[C@H](COc1cc(C(=N)N)ccc1O)OC(=O)c1ccc(C(=N)N2CCCC2)cc1. The molecule has 5 N–H and O–H groups in total. The molecule has 158 valence electrons. The van der Waals surface area contributed by atoms with Gasteiger partial charge in [-0.05, 0) is 50.1 Å². The standard InChI is InChI=1S/C22H26N4O4/c1-14(13-29-19-12-17(20(23)24)8-9-18(19)27)30-22(28)16-6-4-15(5-7-16)21(25)26-10-2-3-11-26/h4-9,12,14,25,27H,2-3,10-11,13H2,1H3,(H3,23,24)/t14-/m1/s1. The van der Waals surface area contributed by atoms with Crippen LogP contribution in [0.4, 0.5) is 0 Å². The first-order valence-corrected chi connectivity index (χ1v) is 9.80. The van der Waals surface area contributed by atoms with E-state index in [1.54, 1.807) is 31.2 Å². The molecule has 8 heteroatoms. The molecular weight excluding hydrogens is 384 g/mol. The second-order valence-electron chi connectivity index (χ2n) is 7.24. The maximum Gasteiger partial charge on any atom is 0.338 e. The number of hydrogen-bond donors (Lipinski definition) is 4. The summed E-state index contributed by atoms with van der Waals surface area (Å²) >= 11 is 0. The summed E-state index contributed by atoms with van der Waals surface area (Å²) in [7, 11) is 0. The Balaban J connectivity index is 1.54. The van der Waals surface area contributed by atoms with Crippen molar-refractivity contribution >= 4 is 17.6 Å². The molecule has 0 radical (unpaired) electrons. The first kappa shape index (κ1) is 21.2. The third-order valence-electron chi connectivity index (χ3n) is 4.87. The summed E-state index contributed by atoms with van der Waals surface area (Å²) in [6, 6.07) is 11.2. The average molecular weight is 410 g/mol. The molecule has 3 rings (SSSR count). The number of carbonyl (C=O) groups is 1. The van der Waals surface area contributed by atoms with E-state index in [0.29, 0.717) is 17.0 Å². The number of ether oxygens (including phenoxy) is 2. The van der Waals surface area contributed by atoms with Gasteiger partial charge in [0.05, 0.1) is 5.56 Å². The smallest absolute Gasteiger partial charge is 0.338 e. The fourth-order valence-corrected chi connectivity index (χ4v) is 3.18. The van der Waals surface area contributed by atoms with E-state index in [-0.39, 0.29) is 23.9 Å². The highest BCUT2D eigenvalue weighted by Crippen LogP contribution is 2.27. The number of nitrogens with two attached hydrogens (primary N) is 1. The van der Waals surface area contributed by atoms with Gasteiger partial charge in [-0.1, -0.05) is 12.1 Å². The molecule has 2 aromatic carbocycles. The number of nitrogens with zero attached hydrogens (tertiary/aromatic N) is 1. The lowest BCUT2D eigenvalue weighted by Crippen LogP contribution is -2.27. The molecule has 0 aromatic heterocycles. The molecule has 8 nitrogen and oxygen atoms in total. The number of aromatic hydroxyl groups is 1. The van der Waals surface area contributed by atoms with Crippen LogP contribution in [0.3, 0.4) is 0 Å². The van der Waals surface area contributed by atoms with Crippen LogP contribution < -0.4 is 10.5 Å². The number of carbonyl (C=O) groups excluding carboxylic acids is 1. The van der Waals surface area contributed by atoms with E-state index in [1.807, 2.05) is 4.90 Å². The molecule has 0 spiro atoms. The minimum Gasteiger partial charge on any atom is -0.504 e. The first-order chi connectivity index (χ1) is 14.3. The molecule has 0 amide bonds. The Morgan fingerprint density at radius 3 is 2.33 bits per heavy atom. The fraction of sp³-hybridized carbons (Fsp3) is 0.318. The second-order valence-corrected chi connectivity index (χ2v) is 7.24. The number of benzene rings is 2. The molecule has 1 fully saturated rings. The van der Waals surface area contributed by atoms with Gasteiger partial charge in [-0.3, -0.25) is 10.8 Å². The highest BCUT2D eigenvalue weighted by molar-refractivity contribution is 5.98. The van der Waals surface area contributed by atoms with E-state index >= 15 is 0 Å². The van der Waals surface area contributed by atoms with Crippen molar-refractivity contribution in [2.24, 2.45) is 5.73 Å². The van der Waals surface area contributed by atoms with E-state index < -0.39 is 12.1 Å². The van der Waals surface area contributed by atoms with Gasteiger partial charge in [0.15, 0.2) is 11.5 Å². The van der Waals surface area contributed by atoms with Crippen molar-refractivity contribution in [2.45, 2.75) is 25.9 Å². The Kier molecular flexibility index (Phi) is 6.56. The lowest BCUT2D eigenvalue weighted by molar-refractivity contribution is 0.0226. The van der Waals surface area contributed by atoms with Gasteiger partial charge in [0.2, 0.25) is 0 Å². The molecule has 0 unspecified atom stereocenters. The maximum atomic E-state index is 12.4. The Bertz CT molecular complexity index is 937. The summed E-state index contributed by atoms with van der Waals surface area (Å²) in [6.45, 7) is 3.50. The monoisotopic (exact) mass is 410 g/mol. The third kappa shape index (κ3) is 5.08. The molecule has 1 aliphatic rings. The number of likely N-dealkylation sites (tertiary alicyclic amines) is 1. The summed E-state index contributed by atoms with van der Waals surface area (Å²) in [5, 5.41) is 25.6. The molecule has 1 heterocycles. The molecule has 0 bridgehead atoms. The minimum atomic E-state index is -0.569.